The monoisotopic (exact) mass is 199 g/mol. The van der Waals surface area contributed by atoms with Crippen molar-refractivity contribution in [3.05, 3.63) is 21.9 Å². The minimum atomic E-state index is 0.554. The highest BCUT2D eigenvalue weighted by Crippen LogP contribution is 2.37. The third-order valence-corrected chi connectivity index (χ3v) is 4.52. The van der Waals surface area contributed by atoms with Gasteiger partial charge in [-0.25, -0.2) is 0 Å². The van der Waals surface area contributed by atoms with Crippen LogP contribution in [0, 0.1) is 6.92 Å². The Hall–Kier alpha value is 0.01000. The molecule has 1 aromatic heterocycles. The molecule has 1 N–H and O–H groups in total. The Labute approximate surface area is 81.6 Å². The lowest BCUT2D eigenvalue weighted by Gasteiger charge is -2.05. The molecule has 1 nitrogen and oxygen atoms in total. The summed E-state index contributed by atoms with van der Waals surface area (Å²) in [6.45, 7) is 5.58. The first-order chi connectivity index (χ1) is 5.75. The molecule has 12 heavy (non-hydrogen) atoms. The van der Waals surface area contributed by atoms with Gasteiger partial charge >= 0.3 is 0 Å². The Morgan fingerprint density at radius 2 is 2.33 bits per heavy atom. The average Bonchev–Trinajstić information content (AvgIpc) is 2.58. The lowest BCUT2D eigenvalue weighted by molar-refractivity contribution is 0.725. The van der Waals surface area contributed by atoms with E-state index in [1.807, 2.05) is 23.1 Å². The van der Waals surface area contributed by atoms with Crippen LogP contribution in [-0.2, 0) is 0 Å². The minimum absolute atomic E-state index is 0.554. The van der Waals surface area contributed by atoms with Crippen LogP contribution in [0.1, 0.15) is 22.1 Å². The molecular weight excluding hydrogens is 186 g/mol. The molecule has 0 amide bonds. The number of hydrogen-bond acceptors (Lipinski definition) is 3. The van der Waals surface area contributed by atoms with Gasteiger partial charge in [-0.3, -0.25) is 5.32 Å². The van der Waals surface area contributed by atoms with Crippen LogP contribution < -0.4 is 5.32 Å². The van der Waals surface area contributed by atoms with Crippen LogP contribution in [0.2, 0.25) is 0 Å². The second kappa shape index (κ2) is 3.40. The van der Waals surface area contributed by atoms with Gasteiger partial charge in [0, 0.05) is 21.5 Å². The maximum Gasteiger partial charge on any atom is 0.0886 e. The molecule has 1 aliphatic rings. The highest BCUT2D eigenvalue weighted by Gasteiger charge is 2.23. The van der Waals surface area contributed by atoms with Crippen LogP contribution in [0.4, 0.5) is 0 Å². The average molecular weight is 199 g/mol. The Kier molecular flexibility index (Phi) is 2.44. The second-order valence-corrected chi connectivity index (χ2v) is 6.05. The van der Waals surface area contributed by atoms with Crippen LogP contribution in [0.3, 0.4) is 0 Å². The van der Waals surface area contributed by atoms with Gasteiger partial charge in [0.25, 0.3) is 0 Å². The van der Waals surface area contributed by atoms with Crippen LogP contribution in [0.15, 0.2) is 12.1 Å². The van der Waals surface area contributed by atoms with Crippen molar-refractivity contribution >= 4 is 23.1 Å². The topological polar surface area (TPSA) is 12.0 Å². The molecule has 0 radical (unpaired) electrons. The number of aryl methyl sites for hydroxylation is 1. The number of thioether (sulfide) groups is 1. The first kappa shape index (κ1) is 8.60. The molecule has 1 aromatic rings. The molecule has 0 aromatic carbocycles. The van der Waals surface area contributed by atoms with Crippen LogP contribution in [-0.4, -0.2) is 11.8 Å². The maximum atomic E-state index is 3.51. The number of thiophene rings is 1. The molecule has 2 heterocycles. The largest absolute Gasteiger partial charge is 0.300 e. The Bertz CT molecular complexity index is 269. The van der Waals surface area contributed by atoms with E-state index in [9.17, 15) is 0 Å². The molecule has 1 fully saturated rings. The Morgan fingerprint density at radius 3 is 2.83 bits per heavy atom. The highest BCUT2D eigenvalue weighted by atomic mass is 32.2. The minimum Gasteiger partial charge on any atom is -0.300 e. The zero-order valence-electron chi connectivity index (χ0n) is 7.33. The molecule has 2 atom stereocenters. The normalized spacial score (nSPS) is 29.5. The smallest absolute Gasteiger partial charge is 0.0886 e. The molecule has 0 aliphatic carbocycles. The first-order valence-electron chi connectivity index (χ1n) is 4.21. The van der Waals surface area contributed by atoms with Gasteiger partial charge in [-0.2, -0.15) is 0 Å². The van der Waals surface area contributed by atoms with Crippen molar-refractivity contribution < 1.29 is 0 Å². The highest BCUT2D eigenvalue weighted by molar-refractivity contribution is 8.00. The summed E-state index contributed by atoms with van der Waals surface area (Å²) < 4.78 is 0. The quantitative estimate of drug-likeness (QED) is 0.746. The van der Waals surface area contributed by atoms with Crippen molar-refractivity contribution in [2.75, 3.05) is 6.54 Å². The second-order valence-electron chi connectivity index (χ2n) is 3.18. The van der Waals surface area contributed by atoms with Gasteiger partial charge in [0.1, 0.15) is 0 Å². The van der Waals surface area contributed by atoms with E-state index in [4.69, 9.17) is 0 Å². The van der Waals surface area contributed by atoms with Gasteiger partial charge in [0.2, 0.25) is 0 Å². The molecule has 1 aliphatic heterocycles. The SMILES string of the molecule is Cc1ccc(C2NCC(C)S2)s1. The predicted molar refractivity (Wildman–Crippen MR) is 56.9 cm³/mol. The fourth-order valence-corrected chi connectivity index (χ4v) is 3.57. The molecule has 0 spiro atoms. The van der Waals surface area contributed by atoms with E-state index in [-0.39, 0.29) is 0 Å². The summed E-state index contributed by atoms with van der Waals surface area (Å²) in [6.07, 6.45) is 0. The summed E-state index contributed by atoms with van der Waals surface area (Å²) in [6, 6.07) is 4.44. The summed E-state index contributed by atoms with van der Waals surface area (Å²) in [4.78, 5) is 2.88. The fraction of sp³-hybridized carbons (Fsp3) is 0.556. The third kappa shape index (κ3) is 1.68. The van der Waals surface area contributed by atoms with Crippen LogP contribution in [0.5, 0.6) is 0 Å². The zero-order valence-corrected chi connectivity index (χ0v) is 8.97. The zero-order chi connectivity index (χ0) is 8.55. The van der Waals surface area contributed by atoms with Gasteiger partial charge in [0.15, 0.2) is 0 Å². The molecular formula is C9H13NS2. The molecule has 66 valence electrons. The summed E-state index contributed by atoms with van der Waals surface area (Å²) in [5.41, 5.74) is 0. The molecule has 0 bridgehead atoms. The summed E-state index contributed by atoms with van der Waals surface area (Å²) in [7, 11) is 0. The number of nitrogens with one attached hydrogen (secondary N) is 1. The summed E-state index contributed by atoms with van der Waals surface area (Å²) >= 11 is 3.93. The molecule has 3 heteroatoms. The van der Waals surface area contributed by atoms with Crippen molar-refractivity contribution in [1.82, 2.24) is 5.32 Å². The van der Waals surface area contributed by atoms with Gasteiger partial charge < -0.3 is 0 Å². The van der Waals surface area contributed by atoms with Gasteiger partial charge in [-0.1, -0.05) is 6.92 Å². The van der Waals surface area contributed by atoms with Gasteiger partial charge in [-0.15, -0.1) is 23.1 Å². The van der Waals surface area contributed by atoms with Gasteiger partial charge in [-0.05, 0) is 19.1 Å². The van der Waals surface area contributed by atoms with Crippen LogP contribution in [0.25, 0.3) is 0 Å². The predicted octanol–water partition coefficient (Wildman–Crippen LogP) is 2.78. The van der Waals surface area contributed by atoms with E-state index >= 15 is 0 Å². The van der Waals surface area contributed by atoms with E-state index in [1.54, 1.807) is 0 Å². The lowest BCUT2D eigenvalue weighted by Crippen LogP contribution is -2.12. The molecule has 2 rings (SSSR count). The lowest BCUT2D eigenvalue weighted by atomic mass is 10.4. The van der Waals surface area contributed by atoms with E-state index in [0.29, 0.717) is 5.37 Å². The van der Waals surface area contributed by atoms with Crippen molar-refractivity contribution in [1.29, 1.82) is 0 Å². The number of rotatable bonds is 1. The van der Waals surface area contributed by atoms with Crippen molar-refractivity contribution in [3.63, 3.8) is 0 Å². The molecule has 1 saturated heterocycles. The van der Waals surface area contributed by atoms with E-state index in [1.165, 1.54) is 9.75 Å². The van der Waals surface area contributed by atoms with Crippen molar-refractivity contribution in [2.24, 2.45) is 0 Å². The molecule has 0 saturated carbocycles. The van der Waals surface area contributed by atoms with Crippen molar-refractivity contribution in [2.45, 2.75) is 24.5 Å². The summed E-state index contributed by atoms with van der Waals surface area (Å²) in [5.74, 6) is 0. The van der Waals surface area contributed by atoms with E-state index in [2.05, 4.69) is 31.3 Å². The first-order valence-corrected chi connectivity index (χ1v) is 5.97. The third-order valence-electron chi connectivity index (χ3n) is 1.98. The van der Waals surface area contributed by atoms with Crippen molar-refractivity contribution in [3.8, 4) is 0 Å². The standard InChI is InChI=1S/C9H13NS2/c1-6-3-4-8(11-6)9-10-5-7(2)12-9/h3-4,7,9-10H,5H2,1-2H3. The van der Waals surface area contributed by atoms with Crippen LogP contribution >= 0.6 is 23.1 Å². The molecule has 2 unspecified atom stereocenters. The number of hydrogen-bond donors (Lipinski definition) is 1. The maximum absolute atomic E-state index is 3.51. The Balaban J connectivity index is 2.11. The summed E-state index contributed by atoms with van der Waals surface area (Å²) in [5, 5.41) is 4.83. The van der Waals surface area contributed by atoms with Gasteiger partial charge in [0.05, 0.1) is 5.37 Å². The van der Waals surface area contributed by atoms with E-state index < -0.39 is 0 Å². The Morgan fingerprint density at radius 1 is 1.50 bits per heavy atom. The van der Waals surface area contributed by atoms with E-state index in [0.717, 1.165) is 11.8 Å². The fourth-order valence-electron chi connectivity index (χ4n) is 1.36.